The Morgan fingerprint density at radius 3 is 1.31 bits per heavy atom. The molecule has 5 N–H and O–H groups in total. The molecule has 0 aliphatic carbocycles. The van der Waals surface area contributed by atoms with Crippen molar-refractivity contribution in [3.05, 3.63) is 106 Å². The standard InChI is InChI=1S/C56H79N5O11/c1-41(2)49(63)14-9-15-53(67)61-56(38-70-35-28-48(62)12-7-6-8-13-50(64)45-22-16-42(3)17-23-45,39-71-36-29-51(65)57-31-10-33-59-54(68)46-24-18-43(4)19-25-46)40-72-37-30-52(66)58-32-11-34-60-55(69)47-26-20-44(5)21-27-47/h16-27,41H,6-15,28-40H2,1-5H3,(H,57,65)(H,58,66)(H,59,68)(H,60,69)(H,61,67). The van der Waals surface area contributed by atoms with Crippen molar-refractivity contribution in [1.82, 2.24) is 26.6 Å². The van der Waals surface area contributed by atoms with E-state index in [2.05, 4.69) is 26.6 Å². The quantitative estimate of drug-likeness (QED) is 0.0302. The Kier molecular flexibility index (Phi) is 28.7. The summed E-state index contributed by atoms with van der Waals surface area (Å²) in [6, 6.07) is 22.0. The van der Waals surface area contributed by atoms with E-state index in [0.29, 0.717) is 87.8 Å². The molecule has 0 fully saturated rings. The molecular formula is C56H79N5O11. The van der Waals surface area contributed by atoms with Crippen LogP contribution in [0, 0.1) is 26.7 Å². The highest BCUT2D eigenvalue weighted by atomic mass is 16.5. The second-order valence-corrected chi connectivity index (χ2v) is 18.8. The molecule has 0 saturated heterocycles. The number of aryl methyl sites for hydroxylation is 3. The molecule has 0 aromatic heterocycles. The van der Waals surface area contributed by atoms with Crippen LogP contribution in [0.25, 0.3) is 0 Å². The Morgan fingerprint density at radius 2 is 0.847 bits per heavy atom. The maximum Gasteiger partial charge on any atom is 0.251 e. The first kappa shape index (κ1) is 60.2. The van der Waals surface area contributed by atoms with Crippen molar-refractivity contribution >= 4 is 46.9 Å². The smallest absolute Gasteiger partial charge is 0.251 e. The number of hydrogen-bond acceptors (Lipinski definition) is 11. The van der Waals surface area contributed by atoms with Gasteiger partial charge in [0.25, 0.3) is 11.8 Å². The number of ketones is 3. The van der Waals surface area contributed by atoms with Gasteiger partial charge in [0, 0.05) is 93.7 Å². The summed E-state index contributed by atoms with van der Waals surface area (Å²) in [5.41, 5.74) is 3.69. The fourth-order valence-corrected chi connectivity index (χ4v) is 7.24. The SMILES string of the molecule is Cc1ccc(C(=O)CCCCCC(=O)CCOCC(COCCC(=O)NCCCNC(=O)c2ccc(C)cc2)(COCCC(=O)NCCCNC(=O)c2ccc(C)cc2)NC(=O)CCCC(=O)C(C)C)cc1. The average Bonchev–Trinajstić information content (AvgIpc) is 3.35. The number of amides is 5. The number of benzene rings is 3. The van der Waals surface area contributed by atoms with Crippen LogP contribution in [0.2, 0.25) is 0 Å². The van der Waals surface area contributed by atoms with Crippen LogP contribution in [0.3, 0.4) is 0 Å². The molecule has 0 bridgehead atoms. The molecule has 3 aromatic rings. The zero-order valence-electron chi connectivity index (χ0n) is 43.3. The average molecular weight is 998 g/mol. The highest BCUT2D eigenvalue weighted by molar-refractivity contribution is 5.96. The molecule has 394 valence electrons. The number of carbonyl (C=O) groups is 8. The minimum absolute atomic E-state index is 0.00317. The van der Waals surface area contributed by atoms with Gasteiger partial charge >= 0.3 is 0 Å². The van der Waals surface area contributed by atoms with Gasteiger partial charge in [-0.3, -0.25) is 38.4 Å². The van der Waals surface area contributed by atoms with E-state index in [1.54, 1.807) is 38.1 Å². The molecule has 16 heteroatoms. The van der Waals surface area contributed by atoms with E-state index in [4.69, 9.17) is 14.2 Å². The molecule has 0 unspecified atom stereocenters. The Balaban J connectivity index is 1.55. The highest BCUT2D eigenvalue weighted by Gasteiger charge is 2.34. The van der Waals surface area contributed by atoms with E-state index in [9.17, 15) is 38.4 Å². The van der Waals surface area contributed by atoms with E-state index in [1.165, 1.54) is 0 Å². The Bertz CT molecular complexity index is 1950. The van der Waals surface area contributed by atoms with E-state index < -0.39 is 5.54 Å². The molecule has 72 heavy (non-hydrogen) atoms. The van der Waals surface area contributed by atoms with Crippen LogP contribution in [0.15, 0.2) is 72.8 Å². The molecular weight excluding hydrogens is 919 g/mol. The predicted octanol–water partition coefficient (Wildman–Crippen LogP) is 6.66. The maximum atomic E-state index is 13.5. The van der Waals surface area contributed by atoms with Gasteiger partial charge in [0.15, 0.2) is 5.78 Å². The molecule has 0 spiro atoms. The van der Waals surface area contributed by atoms with Crippen molar-refractivity contribution < 1.29 is 52.6 Å². The Hall–Kier alpha value is -6.10. The molecule has 0 aliphatic rings. The van der Waals surface area contributed by atoms with Crippen molar-refractivity contribution in [2.75, 3.05) is 65.8 Å². The first-order valence-corrected chi connectivity index (χ1v) is 25.5. The maximum absolute atomic E-state index is 13.5. The van der Waals surface area contributed by atoms with Gasteiger partial charge in [-0.2, -0.15) is 0 Å². The molecule has 0 aliphatic heterocycles. The van der Waals surface area contributed by atoms with E-state index in [0.717, 1.165) is 23.1 Å². The van der Waals surface area contributed by atoms with Gasteiger partial charge in [-0.15, -0.1) is 0 Å². The van der Waals surface area contributed by atoms with Gasteiger partial charge < -0.3 is 40.8 Å². The molecule has 5 amide bonds. The van der Waals surface area contributed by atoms with Gasteiger partial charge in [0.1, 0.15) is 17.1 Å². The lowest BCUT2D eigenvalue weighted by Gasteiger charge is -2.34. The Labute approximate surface area is 426 Å². The molecule has 0 radical (unpaired) electrons. The van der Waals surface area contributed by atoms with Crippen LogP contribution in [0.4, 0.5) is 0 Å². The molecule has 16 nitrogen and oxygen atoms in total. The van der Waals surface area contributed by atoms with Crippen LogP contribution >= 0.6 is 0 Å². The number of rotatable bonds is 38. The second-order valence-electron chi connectivity index (χ2n) is 18.8. The first-order valence-electron chi connectivity index (χ1n) is 25.5. The molecule has 3 rings (SSSR count). The number of nitrogens with one attached hydrogen (secondary N) is 5. The van der Waals surface area contributed by atoms with Gasteiger partial charge in [-0.05, 0) is 77.1 Å². The van der Waals surface area contributed by atoms with Crippen molar-refractivity contribution in [3.8, 4) is 0 Å². The lowest BCUT2D eigenvalue weighted by Crippen LogP contribution is -2.58. The zero-order chi connectivity index (χ0) is 52.6. The van der Waals surface area contributed by atoms with Crippen LogP contribution in [-0.4, -0.2) is 118 Å². The summed E-state index contributed by atoms with van der Waals surface area (Å²) < 4.78 is 18.1. The predicted molar refractivity (Wildman–Crippen MR) is 277 cm³/mol. The Morgan fingerprint density at radius 1 is 0.431 bits per heavy atom. The number of Topliss-reactive ketones (excluding diaryl/α,β-unsaturated/α-hetero) is 3. The number of carbonyl (C=O) groups excluding carboxylic acids is 8. The normalized spacial score (nSPS) is 11.2. The summed E-state index contributed by atoms with van der Waals surface area (Å²) in [6.45, 7) is 10.5. The first-order chi connectivity index (χ1) is 34.6. The fraction of sp³-hybridized carbons (Fsp3) is 0.536. The van der Waals surface area contributed by atoms with E-state index in [1.807, 2.05) is 69.3 Å². The summed E-state index contributed by atoms with van der Waals surface area (Å²) in [5.74, 6) is -1.35. The zero-order valence-corrected chi connectivity index (χ0v) is 43.3. The van der Waals surface area contributed by atoms with E-state index >= 15 is 0 Å². The minimum atomic E-state index is -1.30. The number of ether oxygens (including phenoxy) is 3. The number of hydrogen-bond donors (Lipinski definition) is 5. The monoisotopic (exact) mass is 998 g/mol. The van der Waals surface area contributed by atoms with Crippen LogP contribution in [-0.2, 0) is 38.2 Å². The molecule has 3 aromatic carbocycles. The lowest BCUT2D eigenvalue weighted by atomic mass is 10.0. The van der Waals surface area contributed by atoms with Crippen molar-refractivity contribution in [1.29, 1.82) is 0 Å². The third-order valence-electron chi connectivity index (χ3n) is 11.8. The van der Waals surface area contributed by atoms with Crippen molar-refractivity contribution in [3.63, 3.8) is 0 Å². The van der Waals surface area contributed by atoms with Crippen LogP contribution in [0.5, 0.6) is 0 Å². The van der Waals surface area contributed by atoms with Crippen molar-refractivity contribution in [2.45, 2.75) is 124 Å². The molecule has 0 heterocycles. The van der Waals surface area contributed by atoms with E-state index in [-0.39, 0.29) is 125 Å². The highest BCUT2D eigenvalue weighted by Crippen LogP contribution is 2.15. The summed E-state index contributed by atoms with van der Waals surface area (Å²) >= 11 is 0. The third kappa shape index (κ3) is 25.8. The summed E-state index contributed by atoms with van der Waals surface area (Å²) in [5, 5.41) is 14.4. The van der Waals surface area contributed by atoms with Crippen LogP contribution in [0.1, 0.15) is 145 Å². The second kappa shape index (κ2) is 34.3. The fourth-order valence-electron chi connectivity index (χ4n) is 7.24. The van der Waals surface area contributed by atoms with Gasteiger partial charge in [-0.1, -0.05) is 85.5 Å². The topological polar surface area (TPSA) is 224 Å². The molecule has 0 atom stereocenters. The minimum Gasteiger partial charge on any atom is -0.378 e. The third-order valence-corrected chi connectivity index (χ3v) is 11.8. The van der Waals surface area contributed by atoms with Gasteiger partial charge in [-0.25, -0.2) is 0 Å². The van der Waals surface area contributed by atoms with Crippen LogP contribution < -0.4 is 26.6 Å². The summed E-state index contributed by atoms with van der Waals surface area (Å²) in [7, 11) is 0. The van der Waals surface area contributed by atoms with Gasteiger partial charge in [0.05, 0.1) is 39.6 Å². The van der Waals surface area contributed by atoms with Gasteiger partial charge in [0.2, 0.25) is 17.7 Å². The largest absolute Gasteiger partial charge is 0.378 e. The summed E-state index contributed by atoms with van der Waals surface area (Å²) in [6.07, 6.45) is 4.53. The number of unbranched alkanes of at least 4 members (excludes halogenated alkanes) is 2. The van der Waals surface area contributed by atoms with Crippen molar-refractivity contribution in [2.24, 2.45) is 5.92 Å². The molecule has 0 saturated carbocycles. The summed E-state index contributed by atoms with van der Waals surface area (Å²) in [4.78, 5) is 102. The lowest BCUT2D eigenvalue weighted by molar-refractivity contribution is -0.131.